The van der Waals surface area contributed by atoms with Crippen LogP contribution in [0.1, 0.15) is 53.4 Å². The van der Waals surface area contributed by atoms with E-state index in [2.05, 4.69) is 50.3 Å². The lowest BCUT2D eigenvalue weighted by atomic mass is 9.92. The molecule has 1 aliphatic heterocycles. The fourth-order valence-electron chi connectivity index (χ4n) is 4.00. The molecule has 1 aliphatic rings. The lowest BCUT2D eigenvalue weighted by Gasteiger charge is -2.48. The van der Waals surface area contributed by atoms with Crippen LogP contribution in [0.4, 0.5) is 0 Å². The smallest absolute Gasteiger partial charge is 0.192 e. The third kappa shape index (κ3) is 7.18. The fraction of sp³-hybridized carbons (Fsp3) is 1.00. The maximum atomic E-state index is 6.96. The lowest BCUT2D eigenvalue weighted by molar-refractivity contribution is -0.247. The van der Waals surface area contributed by atoms with Crippen LogP contribution in [0.25, 0.3) is 0 Å². The van der Waals surface area contributed by atoms with Crippen molar-refractivity contribution in [2.45, 2.75) is 102 Å². The van der Waals surface area contributed by atoms with Crippen LogP contribution in [-0.2, 0) is 23.4 Å². The molecule has 0 aromatic rings. The van der Waals surface area contributed by atoms with Crippen LogP contribution >= 0.6 is 22.6 Å². The number of alkyl halides is 1. The summed E-state index contributed by atoms with van der Waals surface area (Å²) < 4.78 is 31.6. The van der Waals surface area contributed by atoms with Gasteiger partial charge in [-0.15, -0.1) is 0 Å². The number of hydrogen-bond acceptors (Lipinski definition) is 5. The topological polar surface area (TPSA) is 46.2 Å². The molecule has 162 valence electrons. The molecule has 5 nitrogen and oxygen atoms in total. The van der Waals surface area contributed by atoms with Gasteiger partial charge in [0.1, 0.15) is 25.1 Å². The average Bonchev–Trinajstić information content (AvgIpc) is 2.71. The van der Waals surface area contributed by atoms with Gasteiger partial charge < -0.3 is 23.4 Å². The molecule has 0 spiro atoms. The standard InChI is InChI=1S/C20H41IO5Si/c1-7-11-12-13-16-19(24-15-22-5)20(18(23-6)17(14-21)25-16)26-27(8-2,9-3)10-4/h16-20H,7-15H2,1-6H3. The first-order valence-corrected chi connectivity index (χ1v) is 14.6. The Morgan fingerprint density at radius 2 is 1.56 bits per heavy atom. The highest BCUT2D eigenvalue weighted by atomic mass is 127. The van der Waals surface area contributed by atoms with E-state index in [0.29, 0.717) is 0 Å². The van der Waals surface area contributed by atoms with E-state index in [9.17, 15) is 0 Å². The van der Waals surface area contributed by atoms with Gasteiger partial charge in [0.15, 0.2) is 8.32 Å². The molecule has 5 atom stereocenters. The zero-order valence-electron chi connectivity index (χ0n) is 18.2. The predicted octanol–water partition coefficient (Wildman–Crippen LogP) is 5.16. The van der Waals surface area contributed by atoms with Crippen molar-refractivity contribution < 1.29 is 23.4 Å². The van der Waals surface area contributed by atoms with E-state index >= 15 is 0 Å². The largest absolute Gasteiger partial charge is 0.408 e. The first-order valence-electron chi connectivity index (χ1n) is 10.6. The summed E-state index contributed by atoms with van der Waals surface area (Å²) in [6.07, 6.45) is 4.25. The summed E-state index contributed by atoms with van der Waals surface area (Å²) in [5, 5.41) is 0. The molecule has 0 aromatic carbocycles. The molecule has 1 saturated heterocycles. The normalized spacial score (nSPS) is 29.2. The minimum absolute atomic E-state index is 0.0279. The third-order valence-corrected chi connectivity index (χ3v) is 11.5. The number of halogens is 1. The van der Waals surface area contributed by atoms with E-state index in [1.165, 1.54) is 12.8 Å². The molecule has 0 amide bonds. The molecular formula is C20H41IO5Si. The van der Waals surface area contributed by atoms with Gasteiger partial charge in [-0.25, -0.2) is 0 Å². The zero-order valence-corrected chi connectivity index (χ0v) is 21.3. The van der Waals surface area contributed by atoms with Gasteiger partial charge in [0.25, 0.3) is 0 Å². The number of methoxy groups -OCH3 is 2. The van der Waals surface area contributed by atoms with Gasteiger partial charge in [-0.1, -0.05) is 69.5 Å². The molecule has 7 heteroatoms. The highest BCUT2D eigenvalue weighted by Crippen LogP contribution is 2.35. The van der Waals surface area contributed by atoms with Crippen LogP contribution in [0.2, 0.25) is 18.1 Å². The second-order valence-electron chi connectivity index (χ2n) is 7.43. The Morgan fingerprint density at radius 3 is 2.04 bits per heavy atom. The van der Waals surface area contributed by atoms with Crippen LogP contribution in [0.15, 0.2) is 0 Å². The maximum absolute atomic E-state index is 6.96. The maximum Gasteiger partial charge on any atom is 0.192 e. The molecule has 0 radical (unpaired) electrons. The van der Waals surface area contributed by atoms with E-state index in [4.69, 9.17) is 23.4 Å². The van der Waals surface area contributed by atoms with Crippen molar-refractivity contribution in [1.82, 2.24) is 0 Å². The van der Waals surface area contributed by atoms with Crippen LogP contribution in [0.3, 0.4) is 0 Å². The Labute approximate surface area is 181 Å². The van der Waals surface area contributed by atoms with Crippen molar-refractivity contribution in [3.8, 4) is 0 Å². The molecule has 0 aromatic heterocycles. The molecular weight excluding hydrogens is 475 g/mol. The Morgan fingerprint density at radius 1 is 0.889 bits per heavy atom. The molecule has 1 fully saturated rings. The zero-order chi connectivity index (χ0) is 20.3. The lowest BCUT2D eigenvalue weighted by Crippen LogP contribution is -2.63. The molecule has 0 aliphatic carbocycles. The average molecular weight is 517 g/mol. The molecule has 1 rings (SSSR count). The summed E-state index contributed by atoms with van der Waals surface area (Å²) in [6, 6.07) is 3.33. The quantitative estimate of drug-likeness (QED) is 0.105. The second kappa shape index (κ2) is 13.9. The van der Waals surface area contributed by atoms with Crippen molar-refractivity contribution in [1.29, 1.82) is 0 Å². The third-order valence-electron chi connectivity index (χ3n) is 5.94. The van der Waals surface area contributed by atoms with Gasteiger partial charge in [0, 0.05) is 18.6 Å². The van der Waals surface area contributed by atoms with E-state index in [1.54, 1.807) is 14.2 Å². The number of hydrogen-bond donors (Lipinski definition) is 0. The summed E-state index contributed by atoms with van der Waals surface area (Å²) in [5.41, 5.74) is 0. The van der Waals surface area contributed by atoms with Crippen LogP contribution in [0, 0.1) is 0 Å². The summed E-state index contributed by atoms with van der Waals surface area (Å²) in [7, 11) is 1.62. The Hall–Kier alpha value is 0.747. The molecule has 27 heavy (non-hydrogen) atoms. The first kappa shape index (κ1) is 25.8. The number of rotatable bonds is 14. The van der Waals surface area contributed by atoms with Crippen molar-refractivity contribution in [3.05, 3.63) is 0 Å². The summed E-state index contributed by atoms with van der Waals surface area (Å²) in [5.74, 6) is 0. The van der Waals surface area contributed by atoms with Gasteiger partial charge >= 0.3 is 0 Å². The highest BCUT2D eigenvalue weighted by Gasteiger charge is 2.49. The minimum atomic E-state index is -1.81. The Bertz CT molecular complexity index is 375. The van der Waals surface area contributed by atoms with Crippen molar-refractivity contribution in [2.75, 3.05) is 25.4 Å². The SMILES string of the molecule is CCCCCC1OC(CI)C(OC)C(O[Si](CC)(CC)CC)C1OCOC. The van der Waals surface area contributed by atoms with Gasteiger partial charge in [0.05, 0.1) is 12.2 Å². The fourth-order valence-corrected chi connectivity index (χ4v) is 7.55. The van der Waals surface area contributed by atoms with E-state index in [-0.39, 0.29) is 37.3 Å². The van der Waals surface area contributed by atoms with Gasteiger partial charge in [0.2, 0.25) is 0 Å². The van der Waals surface area contributed by atoms with Crippen LogP contribution in [0.5, 0.6) is 0 Å². The molecule has 5 unspecified atom stereocenters. The summed E-state index contributed by atoms with van der Waals surface area (Å²) in [4.78, 5) is 0. The van der Waals surface area contributed by atoms with E-state index < -0.39 is 8.32 Å². The Kier molecular flexibility index (Phi) is 13.2. The molecule has 0 bridgehead atoms. The van der Waals surface area contributed by atoms with Gasteiger partial charge in [-0.3, -0.25) is 0 Å². The van der Waals surface area contributed by atoms with Crippen molar-refractivity contribution in [2.24, 2.45) is 0 Å². The van der Waals surface area contributed by atoms with Gasteiger partial charge in [-0.05, 0) is 24.6 Å². The number of ether oxygens (including phenoxy) is 4. The van der Waals surface area contributed by atoms with Crippen LogP contribution in [-0.4, -0.2) is 64.3 Å². The van der Waals surface area contributed by atoms with Gasteiger partial charge in [-0.2, -0.15) is 0 Å². The monoisotopic (exact) mass is 516 g/mol. The second-order valence-corrected chi connectivity index (χ2v) is 13.0. The summed E-state index contributed by atoms with van der Waals surface area (Å²) in [6.45, 7) is 9.27. The minimum Gasteiger partial charge on any atom is -0.408 e. The van der Waals surface area contributed by atoms with E-state index in [1.807, 2.05) is 0 Å². The molecule has 1 heterocycles. The van der Waals surface area contributed by atoms with E-state index in [0.717, 1.165) is 35.4 Å². The van der Waals surface area contributed by atoms with Crippen molar-refractivity contribution >= 4 is 30.9 Å². The Balaban J connectivity index is 3.14. The highest BCUT2D eigenvalue weighted by molar-refractivity contribution is 14.1. The molecule has 0 saturated carbocycles. The summed E-state index contributed by atoms with van der Waals surface area (Å²) >= 11 is 2.40. The van der Waals surface area contributed by atoms with Crippen molar-refractivity contribution in [3.63, 3.8) is 0 Å². The number of unbranched alkanes of at least 4 members (excludes halogenated alkanes) is 2. The van der Waals surface area contributed by atoms with Crippen LogP contribution < -0.4 is 0 Å². The molecule has 0 N–H and O–H groups in total. The first-order chi connectivity index (χ1) is 13.1. The predicted molar refractivity (Wildman–Crippen MR) is 121 cm³/mol.